The normalized spacial score (nSPS) is 11.9. The van der Waals surface area contributed by atoms with Gasteiger partial charge in [-0.25, -0.2) is 0 Å². The molecule has 0 aliphatic carbocycles. The topological polar surface area (TPSA) is 117 Å². The first-order valence-corrected chi connectivity index (χ1v) is 7.23. The Kier molecular flexibility index (Phi) is 8.81. The number of carbonyl (C=O) groups is 2. The van der Waals surface area contributed by atoms with Gasteiger partial charge in [-0.3, -0.25) is 9.59 Å². The number of nitrogens with zero attached hydrogens (tertiary/aromatic N) is 1. The number of rotatable bonds is 11. The lowest BCUT2D eigenvalue weighted by atomic mass is 10.0. The van der Waals surface area contributed by atoms with Crippen LogP contribution in [0.3, 0.4) is 0 Å². The molecule has 0 radical (unpaired) electrons. The van der Waals surface area contributed by atoms with Crippen molar-refractivity contribution in [2.75, 3.05) is 26.3 Å². The lowest BCUT2D eigenvalue weighted by molar-refractivity contribution is -0.124. The first-order valence-electron chi connectivity index (χ1n) is 7.23. The molecule has 0 saturated carbocycles. The molecule has 3 N–H and O–H groups in total. The average Bonchev–Trinajstić information content (AvgIpc) is 2.37. The predicted molar refractivity (Wildman–Crippen MR) is 82.2 cm³/mol. The van der Waals surface area contributed by atoms with Crippen molar-refractivity contribution in [3.8, 4) is 0 Å². The molecule has 128 valence electrons. The summed E-state index contributed by atoms with van der Waals surface area (Å²) in [6.45, 7) is 7.41. The second-order valence-corrected chi connectivity index (χ2v) is 6.34. The standard InChI is InChI=1S/C14H27N3O5/c1-13(2,17-11(19)9-16-21)6-8-22-14(3,4)5-7-15-12(20)10-18/h18H,5-10H2,1-4H3,(H,15,20)(H,17,19). The molecular formula is C14H27N3O5. The molecule has 22 heavy (non-hydrogen) atoms. The summed E-state index contributed by atoms with van der Waals surface area (Å²) in [7, 11) is 0. The molecule has 0 aromatic rings. The van der Waals surface area contributed by atoms with E-state index < -0.39 is 29.6 Å². The maximum Gasteiger partial charge on any atom is 0.245 e. The Morgan fingerprint density at radius 3 is 2.32 bits per heavy atom. The number of aliphatic hydroxyl groups excluding tert-OH is 1. The van der Waals surface area contributed by atoms with E-state index in [2.05, 4.69) is 15.8 Å². The first-order chi connectivity index (χ1) is 10.1. The van der Waals surface area contributed by atoms with E-state index in [1.165, 1.54) is 0 Å². The molecule has 8 heteroatoms. The Hall–Kier alpha value is -1.54. The van der Waals surface area contributed by atoms with Gasteiger partial charge in [0.15, 0.2) is 6.54 Å². The monoisotopic (exact) mass is 317 g/mol. The molecular weight excluding hydrogens is 290 g/mol. The Morgan fingerprint density at radius 2 is 1.77 bits per heavy atom. The molecule has 2 amide bonds. The van der Waals surface area contributed by atoms with Crippen molar-refractivity contribution in [2.24, 2.45) is 5.18 Å². The summed E-state index contributed by atoms with van der Waals surface area (Å²) in [5.74, 6) is -0.825. The van der Waals surface area contributed by atoms with Gasteiger partial charge in [-0.1, -0.05) is 5.18 Å². The zero-order chi connectivity index (χ0) is 17.2. The fourth-order valence-electron chi connectivity index (χ4n) is 1.75. The first kappa shape index (κ1) is 20.5. The average molecular weight is 317 g/mol. The van der Waals surface area contributed by atoms with E-state index >= 15 is 0 Å². The quantitative estimate of drug-likeness (QED) is 0.475. The van der Waals surface area contributed by atoms with E-state index in [1.54, 1.807) is 0 Å². The van der Waals surface area contributed by atoms with E-state index in [0.29, 0.717) is 26.0 Å². The Morgan fingerprint density at radius 1 is 1.14 bits per heavy atom. The van der Waals surface area contributed by atoms with E-state index in [0.717, 1.165) is 0 Å². The van der Waals surface area contributed by atoms with Gasteiger partial charge in [0.05, 0.1) is 5.60 Å². The molecule has 0 aromatic carbocycles. The van der Waals surface area contributed by atoms with Gasteiger partial charge < -0.3 is 20.5 Å². The van der Waals surface area contributed by atoms with Gasteiger partial charge in [0.1, 0.15) is 6.61 Å². The van der Waals surface area contributed by atoms with Crippen LogP contribution in [0.4, 0.5) is 0 Å². The molecule has 0 aliphatic heterocycles. The molecule has 0 atom stereocenters. The summed E-state index contributed by atoms with van der Waals surface area (Å²) in [4.78, 5) is 32.3. The second-order valence-electron chi connectivity index (χ2n) is 6.34. The Balaban J connectivity index is 4.06. The molecule has 0 aromatic heterocycles. The minimum Gasteiger partial charge on any atom is -0.387 e. The maximum absolute atomic E-state index is 11.3. The van der Waals surface area contributed by atoms with Crippen molar-refractivity contribution >= 4 is 11.8 Å². The van der Waals surface area contributed by atoms with Crippen molar-refractivity contribution in [3.05, 3.63) is 4.91 Å². The minimum absolute atomic E-state index is 0.389. The Labute approximate surface area is 131 Å². The predicted octanol–water partition coefficient (Wildman–Crippen LogP) is 0.332. The van der Waals surface area contributed by atoms with Crippen LogP contribution in [0.15, 0.2) is 5.18 Å². The number of aliphatic hydroxyl groups is 1. The van der Waals surface area contributed by atoms with E-state index in [-0.39, 0.29) is 6.54 Å². The Bertz CT molecular complexity index is 383. The summed E-state index contributed by atoms with van der Waals surface area (Å²) < 4.78 is 5.77. The van der Waals surface area contributed by atoms with Crippen molar-refractivity contribution in [3.63, 3.8) is 0 Å². The molecule has 0 aliphatic rings. The van der Waals surface area contributed by atoms with Crippen LogP contribution in [0.25, 0.3) is 0 Å². The van der Waals surface area contributed by atoms with Crippen molar-refractivity contribution in [1.29, 1.82) is 0 Å². The number of carbonyl (C=O) groups excluding carboxylic acids is 2. The van der Waals surface area contributed by atoms with Crippen molar-refractivity contribution in [2.45, 2.75) is 51.7 Å². The van der Waals surface area contributed by atoms with E-state index in [4.69, 9.17) is 9.84 Å². The van der Waals surface area contributed by atoms with Gasteiger partial charge in [-0.05, 0) is 40.5 Å². The smallest absolute Gasteiger partial charge is 0.245 e. The van der Waals surface area contributed by atoms with E-state index in [1.807, 2.05) is 27.7 Å². The summed E-state index contributed by atoms with van der Waals surface area (Å²) in [5, 5.41) is 16.4. The van der Waals surface area contributed by atoms with Gasteiger partial charge >= 0.3 is 0 Å². The van der Waals surface area contributed by atoms with Gasteiger partial charge in [0, 0.05) is 18.7 Å². The fraction of sp³-hybridized carbons (Fsp3) is 0.857. The molecule has 0 fully saturated rings. The summed E-state index contributed by atoms with van der Waals surface area (Å²) in [6, 6.07) is 0. The molecule has 0 saturated heterocycles. The zero-order valence-electron chi connectivity index (χ0n) is 13.8. The van der Waals surface area contributed by atoms with Crippen LogP contribution in [0.5, 0.6) is 0 Å². The molecule has 0 bridgehead atoms. The summed E-state index contributed by atoms with van der Waals surface area (Å²) in [5.41, 5.74) is -0.934. The van der Waals surface area contributed by atoms with Crippen molar-refractivity contribution in [1.82, 2.24) is 10.6 Å². The maximum atomic E-state index is 11.3. The molecule has 0 spiro atoms. The number of hydrogen-bond acceptors (Lipinski definition) is 6. The van der Waals surface area contributed by atoms with Crippen LogP contribution in [0.2, 0.25) is 0 Å². The highest BCUT2D eigenvalue weighted by Gasteiger charge is 2.23. The number of nitroso groups, excluding NO2 is 1. The van der Waals surface area contributed by atoms with Crippen LogP contribution in [0.1, 0.15) is 40.5 Å². The fourth-order valence-corrected chi connectivity index (χ4v) is 1.75. The summed E-state index contributed by atoms with van der Waals surface area (Å²) in [6.07, 6.45) is 1.17. The third-order valence-electron chi connectivity index (χ3n) is 3.10. The summed E-state index contributed by atoms with van der Waals surface area (Å²) >= 11 is 0. The molecule has 0 heterocycles. The number of amides is 2. The molecule has 8 nitrogen and oxygen atoms in total. The van der Waals surface area contributed by atoms with Crippen LogP contribution < -0.4 is 10.6 Å². The van der Waals surface area contributed by atoms with Crippen LogP contribution >= 0.6 is 0 Å². The third-order valence-corrected chi connectivity index (χ3v) is 3.10. The minimum atomic E-state index is -0.523. The van der Waals surface area contributed by atoms with Gasteiger partial charge in [0.2, 0.25) is 11.8 Å². The third kappa shape index (κ3) is 10.2. The van der Waals surface area contributed by atoms with Crippen LogP contribution in [-0.2, 0) is 14.3 Å². The zero-order valence-corrected chi connectivity index (χ0v) is 13.8. The van der Waals surface area contributed by atoms with Gasteiger partial charge in [0.25, 0.3) is 0 Å². The highest BCUT2D eigenvalue weighted by Crippen LogP contribution is 2.16. The van der Waals surface area contributed by atoms with Crippen LogP contribution in [-0.4, -0.2) is 54.4 Å². The number of nitrogens with one attached hydrogen (secondary N) is 2. The molecule has 0 rings (SSSR count). The SMILES string of the molecule is CC(C)(CCOC(C)(C)CCNC(=O)CO)NC(=O)CN=O. The number of ether oxygens (including phenoxy) is 1. The van der Waals surface area contributed by atoms with E-state index in [9.17, 15) is 14.5 Å². The lowest BCUT2D eigenvalue weighted by Gasteiger charge is -2.30. The largest absolute Gasteiger partial charge is 0.387 e. The van der Waals surface area contributed by atoms with Crippen molar-refractivity contribution < 1.29 is 19.4 Å². The van der Waals surface area contributed by atoms with Gasteiger partial charge in [-0.2, -0.15) is 4.91 Å². The van der Waals surface area contributed by atoms with Crippen LogP contribution in [0, 0.1) is 4.91 Å². The molecule has 0 unspecified atom stereocenters. The highest BCUT2D eigenvalue weighted by molar-refractivity contribution is 5.78. The second kappa shape index (κ2) is 9.47. The number of hydrogen-bond donors (Lipinski definition) is 3. The highest BCUT2D eigenvalue weighted by atomic mass is 16.5. The lowest BCUT2D eigenvalue weighted by Crippen LogP contribution is -2.45. The van der Waals surface area contributed by atoms with Gasteiger partial charge in [-0.15, -0.1) is 0 Å².